The van der Waals surface area contributed by atoms with Crippen molar-refractivity contribution in [3.8, 4) is 0 Å². The van der Waals surface area contributed by atoms with Gasteiger partial charge in [0.15, 0.2) is 0 Å². The van der Waals surface area contributed by atoms with Crippen molar-refractivity contribution in [2.45, 2.75) is 39.2 Å². The van der Waals surface area contributed by atoms with E-state index in [9.17, 15) is 0 Å². The van der Waals surface area contributed by atoms with Crippen molar-refractivity contribution in [3.63, 3.8) is 0 Å². The third-order valence-corrected chi connectivity index (χ3v) is 4.55. The van der Waals surface area contributed by atoms with Crippen LogP contribution in [0.15, 0.2) is 18.5 Å². The van der Waals surface area contributed by atoms with Gasteiger partial charge >= 0.3 is 0 Å². The summed E-state index contributed by atoms with van der Waals surface area (Å²) in [7, 11) is 0. The second kappa shape index (κ2) is 4.77. The molecule has 0 saturated heterocycles. The van der Waals surface area contributed by atoms with E-state index < -0.39 is 0 Å². The molecule has 2 nitrogen and oxygen atoms in total. The largest absolute Gasteiger partial charge is 0.312 e. The summed E-state index contributed by atoms with van der Waals surface area (Å²) in [5, 5.41) is 3.62. The second-order valence-corrected chi connectivity index (χ2v) is 5.94. The molecular formula is C15H22N2. The maximum absolute atomic E-state index is 4.23. The lowest BCUT2D eigenvalue weighted by molar-refractivity contribution is 0.318. The van der Waals surface area contributed by atoms with Crippen LogP contribution >= 0.6 is 0 Å². The number of pyridine rings is 1. The molecule has 0 amide bonds. The summed E-state index contributed by atoms with van der Waals surface area (Å²) >= 11 is 0. The molecule has 1 aromatic rings. The van der Waals surface area contributed by atoms with Crippen LogP contribution in [0.1, 0.15) is 36.8 Å². The lowest BCUT2D eigenvalue weighted by Crippen LogP contribution is -2.26. The summed E-state index contributed by atoms with van der Waals surface area (Å²) < 4.78 is 0. The van der Waals surface area contributed by atoms with E-state index in [0.29, 0.717) is 0 Å². The van der Waals surface area contributed by atoms with Gasteiger partial charge in [0.05, 0.1) is 0 Å². The third kappa shape index (κ3) is 2.52. The first kappa shape index (κ1) is 11.2. The van der Waals surface area contributed by atoms with Gasteiger partial charge in [-0.25, -0.2) is 0 Å². The van der Waals surface area contributed by atoms with Crippen molar-refractivity contribution in [1.82, 2.24) is 10.3 Å². The van der Waals surface area contributed by atoms with E-state index in [4.69, 9.17) is 0 Å². The van der Waals surface area contributed by atoms with Gasteiger partial charge in [-0.05, 0) is 61.6 Å². The van der Waals surface area contributed by atoms with Gasteiger partial charge in [-0.2, -0.15) is 0 Å². The molecule has 2 heteroatoms. The Morgan fingerprint density at radius 1 is 1.29 bits per heavy atom. The Morgan fingerprint density at radius 3 is 2.94 bits per heavy atom. The molecule has 17 heavy (non-hydrogen) atoms. The van der Waals surface area contributed by atoms with Gasteiger partial charge in [0.1, 0.15) is 0 Å². The molecule has 3 atom stereocenters. The van der Waals surface area contributed by atoms with Crippen LogP contribution in [-0.4, -0.2) is 11.5 Å². The molecule has 2 aliphatic rings. The van der Waals surface area contributed by atoms with Gasteiger partial charge in [-0.15, -0.1) is 0 Å². The maximum Gasteiger partial charge on any atom is 0.0313 e. The quantitative estimate of drug-likeness (QED) is 0.860. The van der Waals surface area contributed by atoms with E-state index in [0.717, 1.165) is 24.3 Å². The minimum absolute atomic E-state index is 0.950. The Hall–Kier alpha value is -0.890. The molecular weight excluding hydrogens is 208 g/mol. The smallest absolute Gasteiger partial charge is 0.0313 e. The van der Waals surface area contributed by atoms with E-state index in [1.54, 1.807) is 0 Å². The molecule has 1 heterocycles. The summed E-state index contributed by atoms with van der Waals surface area (Å²) in [6.45, 7) is 4.28. The number of hydrogen-bond donors (Lipinski definition) is 1. The Morgan fingerprint density at radius 2 is 2.24 bits per heavy atom. The lowest BCUT2D eigenvalue weighted by Gasteiger charge is -2.21. The highest BCUT2D eigenvalue weighted by Crippen LogP contribution is 2.47. The van der Waals surface area contributed by atoms with Gasteiger partial charge in [0, 0.05) is 18.9 Å². The van der Waals surface area contributed by atoms with Gasteiger partial charge in [-0.3, -0.25) is 4.98 Å². The molecule has 3 rings (SSSR count). The number of nitrogens with one attached hydrogen (secondary N) is 1. The second-order valence-electron chi connectivity index (χ2n) is 5.94. The topological polar surface area (TPSA) is 24.9 Å². The fourth-order valence-corrected chi connectivity index (χ4v) is 3.74. The molecule has 0 aromatic carbocycles. The number of nitrogens with zero attached hydrogens (tertiary/aromatic N) is 1. The minimum atomic E-state index is 0.950. The highest BCUT2D eigenvalue weighted by Gasteiger charge is 2.38. The number of aromatic nitrogens is 1. The van der Waals surface area contributed by atoms with E-state index in [2.05, 4.69) is 23.3 Å². The van der Waals surface area contributed by atoms with Crippen LogP contribution < -0.4 is 5.32 Å². The zero-order chi connectivity index (χ0) is 11.7. The summed E-state index contributed by atoms with van der Waals surface area (Å²) in [6.07, 6.45) is 9.87. The SMILES string of the molecule is Cc1cncc(CNCC2CC3CCC2C3)c1. The summed E-state index contributed by atoms with van der Waals surface area (Å²) in [5.41, 5.74) is 2.57. The van der Waals surface area contributed by atoms with Crippen LogP contribution in [0.3, 0.4) is 0 Å². The average molecular weight is 230 g/mol. The van der Waals surface area contributed by atoms with Gasteiger partial charge in [0.2, 0.25) is 0 Å². The minimum Gasteiger partial charge on any atom is -0.312 e. The fourth-order valence-electron chi connectivity index (χ4n) is 3.74. The van der Waals surface area contributed by atoms with Crippen LogP contribution in [0.25, 0.3) is 0 Å². The van der Waals surface area contributed by atoms with Gasteiger partial charge in [0.25, 0.3) is 0 Å². The molecule has 1 aromatic heterocycles. The number of aryl methyl sites for hydroxylation is 1. The summed E-state index contributed by atoms with van der Waals surface area (Å²) in [6, 6.07) is 2.22. The van der Waals surface area contributed by atoms with Gasteiger partial charge in [-0.1, -0.05) is 12.5 Å². The third-order valence-electron chi connectivity index (χ3n) is 4.55. The highest BCUT2D eigenvalue weighted by molar-refractivity contribution is 5.16. The van der Waals surface area contributed by atoms with Crippen LogP contribution in [0.4, 0.5) is 0 Å². The number of rotatable bonds is 4. The molecule has 2 saturated carbocycles. The van der Waals surface area contributed by atoms with Crippen LogP contribution in [0.5, 0.6) is 0 Å². The van der Waals surface area contributed by atoms with Crippen molar-refractivity contribution in [2.75, 3.05) is 6.54 Å². The molecule has 0 radical (unpaired) electrons. The van der Waals surface area contributed by atoms with Crippen LogP contribution in [0, 0.1) is 24.7 Å². The monoisotopic (exact) mass is 230 g/mol. The van der Waals surface area contributed by atoms with E-state index in [1.807, 2.05) is 12.4 Å². The fraction of sp³-hybridized carbons (Fsp3) is 0.667. The Labute approximate surface area is 104 Å². The predicted molar refractivity (Wildman–Crippen MR) is 69.6 cm³/mol. The normalized spacial score (nSPS) is 31.0. The molecule has 3 unspecified atom stereocenters. The van der Waals surface area contributed by atoms with Crippen molar-refractivity contribution in [2.24, 2.45) is 17.8 Å². The van der Waals surface area contributed by atoms with E-state index in [1.165, 1.54) is 43.4 Å². The Bertz CT molecular complexity index is 388. The first-order valence-electron chi connectivity index (χ1n) is 6.92. The maximum atomic E-state index is 4.23. The van der Waals surface area contributed by atoms with E-state index in [-0.39, 0.29) is 0 Å². The average Bonchev–Trinajstić information content (AvgIpc) is 2.91. The first-order valence-corrected chi connectivity index (χ1v) is 6.92. The van der Waals surface area contributed by atoms with Crippen molar-refractivity contribution < 1.29 is 0 Å². The molecule has 2 aliphatic carbocycles. The Balaban J connectivity index is 1.46. The highest BCUT2D eigenvalue weighted by atomic mass is 14.9. The summed E-state index contributed by atoms with van der Waals surface area (Å²) in [5.74, 6) is 3.04. The number of fused-ring (bicyclic) bond motifs is 2. The van der Waals surface area contributed by atoms with Crippen molar-refractivity contribution in [1.29, 1.82) is 0 Å². The zero-order valence-electron chi connectivity index (χ0n) is 10.7. The molecule has 0 aliphatic heterocycles. The standard InChI is InChI=1S/C15H22N2/c1-11-4-13(8-16-7-11)9-17-10-15-6-12-2-3-14(15)5-12/h4,7-8,12,14-15,17H,2-3,5-6,9-10H2,1H3. The number of hydrogen-bond acceptors (Lipinski definition) is 2. The van der Waals surface area contributed by atoms with Crippen molar-refractivity contribution >= 4 is 0 Å². The summed E-state index contributed by atoms with van der Waals surface area (Å²) in [4.78, 5) is 4.23. The molecule has 1 N–H and O–H groups in total. The van der Waals surface area contributed by atoms with Gasteiger partial charge < -0.3 is 5.32 Å². The molecule has 2 fully saturated rings. The Kier molecular flexibility index (Phi) is 3.15. The van der Waals surface area contributed by atoms with E-state index >= 15 is 0 Å². The zero-order valence-corrected chi connectivity index (χ0v) is 10.7. The predicted octanol–water partition coefficient (Wildman–Crippen LogP) is 2.92. The first-order chi connectivity index (χ1) is 8.31. The molecule has 2 bridgehead atoms. The lowest BCUT2D eigenvalue weighted by atomic mass is 9.89. The van der Waals surface area contributed by atoms with Crippen LogP contribution in [-0.2, 0) is 6.54 Å². The van der Waals surface area contributed by atoms with Crippen molar-refractivity contribution in [3.05, 3.63) is 29.6 Å². The van der Waals surface area contributed by atoms with Crippen LogP contribution in [0.2, 0.25) is 0 Å². The molecule has 92 valence electrons. The molecule has 0 spiro atoms.